The van der Waals surface area contributed by atoms with Crippen molar-refractivity contribution in [2.45, 2.75) is 83.7 Å². The van der Waals surface area contributed by atoms with Gasteiger partial charge in [-0.25, -0.2) is 0 Å². The van der Waals surface area contributed by atoms with Crippen LogP contribution in [0.25, 0.3) is 0 Å². The van der Waals surface area contributed by atoms with Crippen molar-refractivity contribution >= 4 is 0 Å². The van der Waals surface area contributed by atoms with Crippen LogP contribution in [0.15, 0.2) is 11.6 Å². The highest BCUT2D eigenvalue weighted by atomic mass is 16.3. The van der Waals surface area contributed by atoms with Crippen molar-refractivity contribution in [3.8, 4) is 0 Å². The van der Waals surface area contributed by atoms with Crippen molar-refractivity contribution in [1.82, 2.24) is 0 Å². The van der Waals surface area contributed by atoms with Crippen LogP contribution in [-0.4, -0.2) is 44.8 Å². The predicted octanol–water partition coefficient (Wildman–Crippen LogP) is 2.25. The summed E-state index contributed by atoms with van der Waals surface area (Å²) in [6.07, 6.45) is 4.52. The largest absolute Gasteiger partial charge is 0.390 e. The van der Waals surface area contributed by atoms with Crippen molar-refractivity contribution in [1.29, 1.82) is 0 Å². The van der Waals surface area contributed by atoms with Crippen LogP contribution in [-0.2, 0) is 0 Å². The fraction of sp³-hybridized carbons (Fsp3) is 0.905. The topological polar surface area (TPSA) is 80.9 Å². The molecule has 4 saturated carbocycles. The van der Waals surface area contributed by atoms with Crippen LogP contribution in [0.1, 0.15) is 59.3 Å². The zero-order valence-corrected chi connectivity index (χ0v) is 15.7. The van der Waals surface area contributed by atoms with Crippen LogP contribution in [0.4, 0.5) is 0 Å². The second-order valence-electron chi connectivity index (χ2n) is 9.77. The van der Waals surface area contributed by atoms with Gasteiger partial charge < -0.3 is 20.4 Å². The van der Waals surface area contributed by atoms with E-state index in [1.165, 1.54) is 5.57 Å². The van der Waals surface area contributed by atoms with Gasteiger partial charge in [-0.3, -0.25) is 0 Å². The molecule has 10 atom stereocenters. The molecule has 0 heterocycles. The molecule has 4 unspecified atom stereocenters. The fourth-order valence-electron chi connectivity index (χ4n) is 7.61. The van der Waals surface area contributed by atoms with Crippen LogP contribution in [0.3, 0.4) is 0 Å². The first-order valence-corrected chi connectivity index (χ1v) is 10.1. The van der Waals surface area contributed by atoms with E-state index in [4.69, 9.17) is 0 Å². The Morgan fingerprint density at radius 1 is 0.920 bits per heavy atom. The van der Waals surface area contributed by atoms with Crippen LogP contribution >= 0.6 is 0 Å². The quantitative estimate of drug-likeness (QED) is 0.505. The Bertz CT molecular complexity index is 574. The Morgan fingerprint density at radius 2 is 1.64 bits per heavy atom. The first-order chi connectivity index (χ1) is 11.7. The summed E-state index contributed by atoms with van der Waals surface area (Å²) in [6, 6.07) is 0. The molecule has 4 N–H and O–H groups in total. The molecule has 0 aromatic rings. The van der Waals surface area contributed by atoms with Crippen LogP contribution in [0, 0.1) is 34.5 Å². The van der Waals surface area contributed by atoms with Gasteiger partial charge in [0.2, 0.25) is 0 Å². The number of allylic oxidation sites excluding steroid dienone is 2. The zero-order valence-electron chi connectivity index (χ0n) is 15.7. The standard InChI is InChI=1S/C21H34O4/c1-4-11-5-6-12-17-13(7-8-20(11,12)2)21(3)10-16(23)15(22)9-14(21)18(24)19(17)25/h4,12-19,22-25H,5-10H2,1-3H3/b11-4-/t12?,13?,14?,15-,16-,17?,18-,19-,20-,21-/m1/s1. The average molecular weight is 350 g/mol. The molecule has 4 nitrogen and oxygen atoms in total. The van der Waals surface area contributed by atoms with E-state index in [1.807, 2.05) is 0 Å². The van der Waals surface area contributed by atoms with Gasteiger partial charge in [0, 0.05) is 0 Å². The third-order valence-electron chi connectivity index (χ3n) is 8.97. The highest BCUT2D eigenvalue weighted by molar-refractivity contribution is 5.25. The third kappa shape index (κ3) is 2.27. The lowest BCUT2D eigenvalue weighted by molar-refractivity contribution is -0.232. The first kappa shape index (κ1) is 18.0. The number of aliphatic hydroxyl groups is 4. The van der Waals surface area contributed by atoms with Crippen LogP contribution in [0.5, 0.6) is 0 Å². The van der Waals surface area contributed by atoms with Gasteiger partial charge in [-0.1, -0.05) is 25.5 Å². The zero-order chi connectivity index (χ0) is 18.1. The lowest BCUT2D eigenvalue weighted by atomic mass is 9.43. The van der Waals surface area contributed by atoms with E-state index in [0.29, 0.717) is 24.7 Å². The molecule has 25 heavy (non-hydrogen) atoms. The molecule has 0 aromatic heterocycles. The molecular formula is C21H34O4. The van der Waals surface area contributed by atoms with Gasteiger partial charge in [0.15, 0.2) is 0 Å². The third-order valence-corrected chi connectivity index (χ3v) is 8.97. The summed E-state index contributed by atoms with van der Waals surface area (Å²) in [6.45, 7) is 6.66. The lowest BCUT2D eigenvalue weighted by Gasteiger charge is -2.63. The van der Waals surface area contributed by atoms with E-state index in [0.717, 1.165) is 25.7 Å². The van der Waals surface area contributed by atoms with Gasteiger partial charge in [-0.2, -0.15) is 0 Å². The van der Waals surface area contributed by atoms with E-state index < -0.39 is 24.4 Å². The van der Waals surface area contributed by atoms with Crippen molar-refractivity contribution in [3.05, 3.63) is 11.6 Å². The van der Waals surface area contributed by atoms with E-state index in [2.05, 4.69) is 26.8 Å². The van der Waals surface area contributed by atoms with Crippen molar-refractivity contribution < 1.29 is 20.4 Å². The molecule has 0 aliphatic heterocycles. The molecule has 0 radical (unpaired) electrons. The highest BCUT2D eigenvalue weighted by Gasteiger charge is 2.64. The smallest absolute Gasteiger partial charge is 0.0836 e. The van der Waals surface area contributed by atoms with E-state index in [9.17, 15) is 20.4 Å². The van der Waals surface area contributed by atoms with Gasteiger partial charge in [-0.15, -0.1) is 0 Å². The molecule has 4 aliphatic carbocycles. The second kappa shape index (κ2) is 5.79. The molecule has 4 aliphatic rings. The second-order valence-corrected chi connectivity index (χ2v) is 9.77. The summed E-state index contributed by atoms with van der Waals surface area (Å²) in [5.74, 6) is 0.681. The minimum atomic E-state index is -0.801. The minimum Gasteiger partial charge on any atom is -0.390 e. The summed E-state index contributed by atoms with van der Waals surface area (Å²) >= 11 is 0. The number of fused-ring (bicyclic) bond motifs is 5. The molecule has 0 spiro atoms. The maximum absolute atomic E-state index is 11.1. The van der Waals surface area contributed by atoms with Gasteiger partial charge in [0.05, 0.1) is 24.4 Å². The van der Waals surface area contributed by atoms with Crippen LogP contribution < -0.4 is 0 Å². The SMILES string of the molecule is C/C=C1/CCC2C3C(CC[C@]12C)[C@@]1(C)C[C@@H](O)[C@H](O)CC1[C@@H](O)[C@@H]3O. The van der Waals surface area contributed by atoms with Crippen molar-refractivity contribution in [2.24, 2.45) is 34.5 Å². The molecule has 4 rings (SSSR count). The number of aliphatic hydroxyl groups excluding tert-OH is 4. The molecule has 4 heteroatoms. The minimum absolute atomic E-state index is 0.0925. The van der Waals surface area contributed by atoms with Gasteiger partial charge in [0.25, 0.3) is 0 Å². The Morgan fingerprint density at radius 3 is 2.32 bits per heavy atom. The van der Waals surface area contributed by atoms with Gasteiger partial charge >= 0.3 is 0 Å². The van der Waals surface area contributed by atoms with E-state index in [-0.39, 0.29) is 22.7 Å². The lowest BCUT2D eigenvalue weighted by Crippen LogP contribution is -2.65. The average Bonchev–Trinajstić information content (AvgIpc) is 2.91. The van der Waals surface area contributed by atoms with Gasteiger partial charge in [0.1, 0.15) is 0 Å². The maximum Gasteiger partial charge on any atom is 0.0836 e. The van der Waals surface area contributed by atoms with E-state index in [1.54, 1.807) is 0 Å². The Labute approximate surface area is 151 Å². The summed E-state index contributed by atoms with van der Waals surface area (Å²) in [5.41, 5.74) is 1.46. The summed E-state index contributed by atoms with van der Waals surface area (Å²) in [5, 5.41) is 42.5. The number of rotatable bonds is 0. The van der Waals surface area contributed by atoms with Crippen molar-refractivity contribution in [3.63, 3.8) is 0 Å². The fourth-order valence-corrected chi connectivity index (χ4v) is 7.61. The monoisotopic (exact) mass is 350 g/mol. The molecule has 0 amide bonds. The molecule has 0 saturated heterocycles. The summed E-state index contributed by atoms with van der Waals surface area (Å²) < 4.78 is 0. The van der Waals surface area contributed by atoms with Crippen LogP contribution in [0.2, 0.25) is 0 Å². The van der Waals surface area contributed by atoms with Crippen molar-refractivity contribution in [2.75, 3.05) is 0 Å². The predicted molar refractivity (Wildman–Crippen MR) is 95.7 cm³/mol. The Kier molecular flexibility index (Phi) is 4.16. The molecule has 0 bridgehead atoms. The highest BCUT2D eigenvalue weighted by Crippen LogP contribution is 2.67. The summed E-state index contributed by atoms with van der Waals surface area (Å²) in [4.78, 5) is 0. The normalized spacial score (nSPS) is 60.0. The molecular weight excluding hydrogens is 316 g/mol. The summed E-state index contributed by atoms with van der Waals surface area (Å²) in [7, 11) is 0. The number of hydrogen-bond acceptors (Lipinski definition) is 4. The Hall–Kier alpha value is -0.420. The van der Waals surface area contributed by atoms with Gasteiger partial charge in [-0.05, 0) is 80.0 Å². The molecule has 4 fully saturated rings. The molecule has 0 aromatic carbocycles. The molecule has 142 valence electrons. The maximum atomic E-state index is 11.1. The van der Waals surface area contributed by atoms with E-state index >= 15 is 0 Å². The first-order valence-electron chi connectivity index (χ1n) is 10.1. The number of hydrogen-bond donors (Lipinski definition) is 4. The Balaban J connectivity index is 1.73.